The van der Waals surface area contributed by atoms with E-state index in [0.717, 1.165) is 0 Å². The molecule has 0 saturated heterocycles. The third-order valence-electron chi connectivity index (χ3n) is 2.43. The molecule has 0 N–H and O–H groups in total. The monoisotopic (exact) mass is 248 g/mol. The van der Waals surface area contributed by atoms with Crippen LogP contribution in [0, 0.1) is 0 Å². The fourth-order valence-corrected chi connectivity index (χ4v) is 2.97. The predicted octanol–water partition coefficient (Wildman–Crippen LogP) is 5.34. The van der Waals surface area contributed by atoms with Crippen LogP contribution in [0.25, 0.3) is 0 Å². The van der Waals surface area contributed by atoms with E-state index in [4.69, 9.17) is 0 Å². The first-order valence-electron chi connectivity index (χ1n) is 5.95. The molecule has 0 aliphatic rings. The second-order valence-electron chi connectivity index (χ2n) is 3.94. The maximum absolute atomic E-state index is 11.1. The van der Waals surface area contributed by atoms with E-state index >= 15 is 0 Å². The van der Waals surface area contributed by atoms with Crippen molar-refractivity contribution in [1.29, 1.82) is 0 Å². The second kappa shape index (κ2) is 10.9. The van der Waals surface area contributed by atoms with Gasteiger partial charge in [0.15, 0.2) is 0 Å². The Morgan fingerprint density at radius 3 is 2.33 bits per heavy atom. The maximum atomic E-state index is 11.1. The molecule has 0 heterocycles. The van der Waals surface area contributed by atoms with E-state index in [-0.39, 0.29) is 4.45 Å². The van der Waals surface area contributed by atoms with Crippen molar-refractivity contribution < 1.29 is 4.79 Å². The Morgan fingerprint density at radius 1 is 1.13 bits per heavy atom. The number of hydrogen-bond donors (Lipinski definition) is 0. The molecule has 1 nitrogen and oxygen atoms in total. The van der Waals surface area contributed by atoms with Crippen LogP contribution in [0.5, 0.6) is 0 Å². The molecule has 0 fully saturated rings. The molecule has 0 bridgehead atoms. The van der Waals surface area contributed by atoms with Crippen LogP contribution in [0.1, 0.15) is 58.8 Å². The number of rotatable bonds is 8. The lowest BCUT2D eigenvalue weighted by molar-refractivity contribution is 0.276. The molecule has 0 aliphatic heterocycles. The van der Waals surface area contributed by atoms with Gasteiger partial charge in [-0.15, -0.1) is 0 Å². The topological polar surface area (TPSA) is 17.1 Å². The van der Waals surface area contributed by atoms with Crippen molar-refractivity contribution in [3.05, 3.63) is 0 Å². The Kier molecular flexibility index (Phi) is 11.1. The summed E-state index contributed by atoms with van der Waals surface area (Å²) in [6, 6.07) is 0. The standard InChI is InChI=1S/C12H24OS2/c1-4-5-6-7-8-9-10-11(2)15-12(13)14-3/h11H,4-10H2,1-3H3. The number of carbonyl (C=O) groups excluding carboxylic acids is 1. The van der Waals surface area contributed by atoms with Crippen molar-refractivity contribution >= 4 is 28.0 Å². The molecule has 0 aromatic heterocycles. The van der Waals surface area contributed by atoms with Crippen molar-refractivity contribution in [2.75, 3.05) is 6.26 Å². The highest BCUT2D eigenvalue weighted by Crippen LogP contribution is 2.23. The van der Waals surface area contributed by atoms with E-state index < -0.39 is 0 Å². The van der Waals surface area contributed by atoms with Crippen LogP contribution >= 0.6 is 23.5 Å². The van der Waals surface area contributed by atoms with Gasteiger partial charge in [0.1, 0.15) is 0 Å². The lowest BCUT2D eigenvalue weighted by Crippen LogP contribution is -1.98. The van der Waals surface area contributed by atoms with Gasteiger partial charge in [-0.05, 0) is 12.7 Å². The van der Waals surface area contributed by atoms with E-state index in [9.17, 15) is 4.79 Å². The number of hydrogen-bond acceptors (Lipinski definition) is 3. The van der Waals surface area contributed by atoms with Crippen LogP contribution in [-0.4, -0.2) is 16.0 Å². The van der Waals surface area contributed by atoms with Gasteiger partial charge in [-0.1, -0.05) is 75.9 Å². The molecule has 0 aliphatic carbocycles. The number of unbranched alkanes of at least 4 members (excludes halogenated alkanes) is 5. The second-order valence-corrected chi connectivity index (χ2v) is 6.39. The Hall–Kier alpha value is 0.370. The summed E-state index contributed by atoms with van der Waals surface area (Å²) >= 11 is 2.82. The van der Waals surface area contributed by atoms with Crippen LogP contribution in [-0.2, 0) is 0 Å². The molecule has 1 unspecified atom stereocenters. The molecule has 0 aromatic rings. The van der Waals surface area contributed by atoms with Crippen molar-refractivity contribution in [2.24, 2.45) is 0 Å². The Morgan fingerprint density at radius 2 is 1.73 bits per heavy atom. The van der Waals surface area contributed by atoms with Crippen LogP contribution in [0.2, 0.25) is 0 Å². The van der Waals surface area contributed by atoms with Gasteiger partial charge < -0.3 is 0 Å². The minimum atomic E-state index is 0.258. The predicted molar refractivity (Wildman–Crippen MR) is 74.0 cm³/mol. The summed E-state index contributed by atoms with van der Waals surface area (Å²) in [7, 11) is 0. The quantitative estimate of drug-likeness (QED) is 0.540. The molecule has 1 atom stereocenters. The van der Waals surface area contributed by atoms with E-state index in [0.29, 0.717) is 5.25 Å². The van der Waals surface area contributed by atoms with Gasteiger partial charge in [-0.3, -0.25) is 4.79 Å². The molecular weight excluding hydrogens is 224 g/mol. The number of thioether (sulfide) groups is 2. The van der Waals surface area contributed by atoms with Crippen LogP contribution in [0.4, 0.5) is 4.79 Å². The summed E-state index contributed by atoms with van der Waals surface area (Å²) in [5, 5.41) is 0.496. The van der Waals surface area contributed by atoms with Gasteiger partial charge in [0.2, 0.25) is 4.45 Å². The van der Waals surface area contributed by atoms with Gasteiger partial charge in [-0.2, -0.15) is 0 Å². The third kappa shape index (κ3) is 10.6. The molecule has 0 aromatic carbocycles. The van der Waals surface area contributed by atoms with Gasteiger partial charge in [0.25, 0.3) is 0 Å². The summed E-state index contributed by atoms with van der Waals surface area (Å²) in [5.74, 6) is 0. The number of carbonyl (C=O) groups is 1. The van der Waals surface area contributed by atoms with Gasteiger partial charge in [0, 0.05) is 5.25 Å². The van der Waals surface area contributed by atoms with E-state index in [1.807, 2.05) is 6.26 Å². The van der Waals surface area contributed by atoms with E-state index in [1.54, 1.807) is 0 Å². The highest BCUT2D eigenvalue weighted by Gasteiger charge is 2.07. The zero-order chi connectivity index (χ0) is 11.5. The average molecular weight is 248 g/mol. The van der Waals surface area contributed by atoms with Crippen molar-refractivity contribution in [2.45, 2.75) is 64.0 Å². The summed E-state index contributed by atoms with van der Waals surface area (Å²) in [6.07, 6.45) is 11.1. The summed E-state index contributed by atoms with van der Waals surface area (Å²) in [5.41, 5.74) is 0. The Balaban J connectivity index is 3.23. The van der Waals surface area contributed by atoms with Crippen LogP contribution in [0.3, 0.4) is 0 Å². The lowest BCUT2D eigenvalue weighted by atomic mass is 10.1. The molecule has 0 saturated carbocycles. The zero-order valence-corrected chi connectivity index (χ0v) is 11.9. The van der Waals surface area contributed by atoms with Crippen LogP contribution < -0.4 is 0 Å². The van der Waals surface area contributed by atoms with Crippen molar-refractivity contribution in [3.63, 3.8) is 0 Å². The molecule has 90 valence electrons. The lowest BCUT2D eigenvalue weighted by Gasteiger charge is -2.08. The first-order valence-corrected chi connectivity index (χ1v) is 8.05. The maximum Gasteiger partial charge on any atom is 0.246 e. The van der Waals surface area contributed by atoms with Gasteiger partial charge in [-0.25, -0.2) is 0 Å². The molecule has 15 heavy (non-hydrogen) atoms. The third-order valence-corrected chi connectivity index (χ3v) is 4.38. The van der Waals surface area contributed by atoms with Crippen LogP contribution in [0.15, 0.2) is 0 Å². The smallest absolute Gasteiger partial charge is 0.246 e. The molecule has 3 heteroatoms. The molecular formula is C12H24OS2. The van der Waals surface area contributed by atoms with E-state index in [2.05, 4.69) is 13.8 Å². The first-order chi connectivity index (χ1) is 7.20. The fourth-order valence-electron chi connectivity index (χ4n) is 1.48. The Bertz CT molecular complexity index is 160. The molecule has 0 rings (SSSR count). The summed E-state index contributed by atoms with van der Waals surface area (Å²) in [4.78, 5) is 11.1. The van der Waals surface area contributed by atoms with Gasteiger partial charge >= 0.3 is 0 Å². The normalized spacial score (nSPS) is 12.7. The van der Waals surface area contributed by atoms with E-state index in [1.165, 1.54) is 68.5 Å². The first kappa shape index (κ1) is 15.4. The molecule has 0 amide bonds. The Labute approximate surface area is 103 Å². The minimum absolute atomic E-state index is 0.258. The zero-order valence-electron chi connectivity index (χ0n) is 10.3. The largest absolute Gasteiger partial charge is 0.274 e. The highest BCUT2D eigenvalue weighted by molar-refractivity contribution is 8.38. The molecule has 0 spiro atoms. The SMILES string of the molecule is CCCCCCCCC(C)SC(=O)SC. The van der Waals surface area contributed by atoms with Gasteiger partial charge in [0.05, 0.1) is 0 Å². The molecule has 0 radical (unpaired) electrons. The summed E-state index contributed by atoms with van der Waals surface area (Å²) in [6.45, 7) is 4.40. The minimum Gasteiger partial charge on any atom is -0.274 e. The van der Waals surface area contributed by atoms with Crippen molar-refractivity contribution in [1.82, 2.24) is 0 Å². The average Bonchev–Trinajstić information content (AvgIpc) is 2.23. The fraction of sp³-hybridized carbons (Fsp3) is 0.917. The van der Waals surface area contributed by atoms with Crippen molar-refractivity contribution in [3.8, 4) is 0 Å². The summed E-state index contributed by atoms with van der Waals surface area (Å²) < 4.78 is 0.258. The highest BCUT2D eigenvalue weighted by atomic mass is 32.2.